The fourth-order valence-electron chi connectivity index (χ4n) is 2.21. The maximum absolute atomic E-state index is 12.2. The molecule has 5 heteroatoms. The largest absolute Gasteiger partial charge is 0.355 e. The second kappa shape index (κ2) is 10.0. The minimum Gasteiger partial charge on any atom is -0.355 e. The Morgan fingerprint density at radius 2 is 1.96 bits per heavy atom. The van der Waals surface area contributed by atoms with Crippen LogP contribution in [-0.2, 0) is 17.0 Å². The van der Waals surface area contributed by atoms with Crippen molar-refractivity contribution < 1.29 is 4.79 Å². The Hall–Kier alpha value is -1.85. The number of aromatic nitrogens is 1. The summed E-state index contributed by atoms with van der Waals surface area (Å²) in [5.41, 5.74) is 2.39. The molecule has 2 N–H and O–H groups in total. The summed E-state index contributed by atoms with van der Waals surface area (Å²) in [6, 6.07) is 14.0. The lowest BCUT2D eigenvalue weighted by molar-refractivity contribution is -0.122. The minimum absolute atomic E-state index is 0.0575. The number of aryl methyl sites for hydroxylation is 1. The van der Waals surface area contributed by atoms with E-state index >= 15 is 0 Å². The highest BCUT2D eigenvalue weighted by molar-refractivity contribution is 7.96. The molecule has 0 radical (unpaired) electrons. The molecule has 0 aliphatic heterocycles. The lowest BCUT2D eigenvalue weighted by Crippen LogP contribution is -2.41. The monoisotopic (exact) mass is 329 g/mol. The second-order valence-corrected chi connectivity index (χ2v) is 6.05. The molecule has 0 aliphatic rings. The molecule has 0 spiro atoms. The van der Waals surface area contributed by atoms with Gasteiger partial charge in [-0.25, -0.2) is 0 Å². The van der Waals surface area contributed by atoms with Crippen LogP contribution < -0.4 is 10.0 Å². The number of nitrogens with one attached hydrogen (secondary N) is 2. The molecular formula is C18H23N3OS. The van der Waals surface area contributed by atoms with Crippen molar-refractivity contribution in [1.29, 1.82) is 0 Å². The van der Waals surface area contributed by atoms with Gasteiger partial charge in [-0.05, 0) is 37.0 Å². The standard InChI is InChI=1S/C18H23N3OS/c1-2-20-18(22)17(11-10-15-7-4-3-5-8-15)21-23-14-16-9-6-12-19-13-16/h3-9,12-13,17,21H,2,10-11,14H2,1H3,(H,20,22). The molecule has 0 saturated heterocycles. The SMILES string of the molecule is CCNC(=O)C(CCc1ccccc1)NSCc1cccnc1. The topological polar surface area (TPSA) is 54.0 Å². The zero-order chi connectivity index (χ0) is 16.3. The van der Waals surface area contributed by atoms with Crippen LogP contribution in [-0.4, -0.2) is 23.5 Å². The van der Waals surface area contributed by atoms with Crippen LogP contribution in [0.2, 0.25) is 0 Å². The van der Waals surface area contributed by atoms with E-state index in [1.807, 2.05) is 43.5 Å². The van der Waals surface area contributed by atoms with Gasteiger partial charge >= 0.3 is 0 Å². The molecule has 1 heterocycles. The number of benzene rings is 1. The van der Waals surface area contributed by atoms with Crippen LogP contribution in [0.5, 0.6) is 0 Å². The highest BCUT2D eigenvalue weighted by Gasteiger charge is 2.17. The fraction of sp³-hybridized carbons (Fsp3) is 0.333. The number of rotatable bonds is 9. The van der Waals surface area contributed by atoms with Crippen molar-refractivity contribution in [2.75, 3.05) is 6.54 Å². The van der Waals surface area contributed by atoms with Gasteiger partial charge in [-0.2, -0.15) is 0 Å². The summed E-state index contributed by atoms with van der Waals surface area (Å²) >= 11 is 1.55. The van der Waals surface area contributed by atoms with Crippen molar-refractivity contribution in [1.82, 2.24) is 15.0 Å². The third-order valence-corrected chi connectivity index (χ3v) is 4.35. The summed E-state index contributed by atoms with van der Waals surface area (Å²) in [7, 11) is 0. The first-order chi connectivity index (χ1) is 11.3. The van der Waals surface area contributed by atoms with E-state index in [0.717, 1.165) is 24.2 Å². The van der Waals surface area contributed by atoms with Crippen molar-refractivity contribution in [2.24, 2.45) is 0 Å². The Kier molecular flexibility index (Phi) is 7.63. The van der Waals surface area contributed by atoms with Gasteiger partial charge in [0.25, 0.3) is 0 Å². The number of nitrogens with zero attached hydrogens (tertiary/aromatic N) is 1. The number of carbonyl (C=O) groups is 1. The highest BCUT2D eigenvalue weighted by atomic mass is 32.2. The van der Waals surface area contributed by atoms with E-state index in [-0.39, 0.29) is 11.9 Å². The summed E-state index contributed by atoms with van der Waals surface area (Å²) < 4.78 is 3.30. The smallest absolute Gasteiger partial charge is 0.237 e. The maximum atomic E-state index is 12.2. The van der Waals surface area contributed by atoms with E-state index in [4.69, 9.17) is 0 Å². The summed E-state index contributed by atoms with van der Waals surface area (Å²) in [5.74, 6) is 0.844. The van der Waals surface area contributed by atoms with Gasteiger partial charge in [-0.15, -0.1) is 0 Å². The van der Waals surface area contributed by atoms with Gasteiger partial charge in [0.2, 0.25) is 5.91 Å². The summed E-state index contributed by atoms with van der Waals surface area (Å²) in [5, 5.41) is 2.90. The molecule has 2 aromatic rings. The van der Waals surface area contributed by atoms with E-state index in [0.29, 0.717) is 6.54 Å². The second-order valence-electron chi connectivity index (χ2n) is 5.24. The molecule has 122 valence electrons. The normalized spacial score (nSPS) is 11.9. The van der Waals surface area contributed by atoms with Gasteiger partial charge in [0.15, 0.2) is 0 Å². The zero-order valence-corrected chi connectivity index (χ0v) is 14.2. The molecule has 1 atom stereocenters. The Morgan fingerprint density at radius 1 is 1.17 bits per heavy atom. The van der Waals surface area contributed by atoms with E-state index in [9.17, 15) is 4.79 Å². The molecule has 0 bridgehead atoms. The van der Waals surface area contributed by atoms with Crippen LogP contribution in [0.3, 0.4) is 0 Å². The number of amides is 1. The average Bonchev–Trinajstić information content (AvgIpc) is 2.60. The van der Waals surface area contributed by atoms with Gasteiger partial charge in [-0.3, -0.25) is 14.5 Å². The molecule has 2 rings (SSSR count). The lowest BCUT2D eigenvalue weighted by Gasteiger charge is -2.17. The van der Waals surface area contributed by atoms with Gasteiger partial charge in [0.05, 0.1) is 6.04 Å². The van der Waals surface area contributed by atoms with Crippen molar-refractivity contribution in [3.63, 3.8) is 0 Å². The van der Waals surface area contributed by atoms with E-state index < -0.39 is 0 Å². The number of likely N-dealkylation sites (N-methyl/N-ethyl adjacent to an activating group) is 1. The Labute approximate surface area is 142 Å². The van der Waals surface area contributed by atoms with Crippen LogP contribution in [0, 0.1) is 0 Å². The number of pyridine rings is 1. The van der Waals surface area contributed by atoms with Crippen molar-refractivity contribution >= 4 is 17.9 Å². The quantitative estimate of drug-likeness (QED) is 0.695. The molecule has 1 aromatic heterocycles. The van der Waals surface area contributed by atoms with E-state index in [2.05, 4.69) is 27.2 Å². The number of carbonyl (C=O) groups excluding carboxylic acids is 1. The minimum atomic E-state index is -0.197. The number of hydrogen-bond acceptors (Lipinski definition) is 4. The lowest BCUT2D eigenvalue weighted by atomic mass is 10.1. The van der Waals surface area contributed by atoms with Crippen molar-refractivity contribution in [2.45, 2.75) is 31.6 Å². The molecule has 1 amide bonds. The van der Waals surface area contributed by atoms with Gasteiger partial charge in [-0.1, -0.05) is 48.3 Å². The molecule has 4 nitrogen and oxygen atoms in total. The molecule has 0 aliphatic carbocycles. The summed E-state index contributed by atoms with van der Waals surface area (Å²) in [6.07, 6.45) is 5.26. The van der Waals surface area contributed by atoms with Crippen molar-refractivity contribution in [3.05, 3.63) is 66.0 Å². The third-order valence-electron chi connectivity index (χ3n) is 3.42. The molecule has 1 aromatic carbocycles. The Balaban J connectivity index is 1.85. The van der Waals surface area contributed by atoms with Crippen LogP contribution in [0.25, 0.3) is 0 Å². The fourth-order valence-corrected chi connectivity index (χ4v) is 3.05. The van der Waals surface area contributed by atoms with E-state index in [1.54, 1.807) is 18.1 Å². The molecule has 1 unspecified atom stereocenters. The third kappa shape index (κ3) is 6.42. The molecule has 0 saturated carbocycles. The van der Waals surface area contributed by atoms with Gasteiger partial charge in [0.1, 0.15) is 0 Å². The first-order valence-electron chi connectivity index (χ1n) is 7.87. The predicted octanol–water partition coefficient (Wildman–Crippen LogP) is 2.96. The highest BCUT2D eigenvalue weighted by Crippen LogP contribution is 2.11. The first kappa shape index (κ1) is 17.5. The van der Waals surface area contributed by atoms with E-state index in [1.165, 1.54) is 5.56 Å². The van der Waals surface area contributed by atoms with Crippen LogP contribution in [0.15, 0.2) is 54.9 Å². The predicted molar refractivity (Wildman–Crippen MR) is 95.9 cm³/mol. The Morgan fingerprint density at radius 3 is 2.65 bits per heavy atom. The van der Waals surface area contributed by atoms with Gasteiger partial charge in [0, 0.05) is 24.7 Å². The van der Waals surface area contributed by atoms with Crippen LogP contribution >= 0.6 is 11.9 Å². The summed E-state index contributed by atoms with van der Waals surface area (Å²) in [6.45, 7) is 2.59. The van der Waals surface area contributed by atoms with Gasteiger partial charge < -0.3 is 5.32 Å². The first-order valence-corrected chi connectivity index (χ1v) is 8.86. The Bertz CT molecular complexity index is 577. The summed E-state index contributed by atoms with van der Waals surface area (Å²) in [4.78, 5) is 16.3. The van der Waals surface area contributed by atoms with Crippen molar-refractivity contribution in [3.8, 4) is 0 Å². The molecular weight excluding hydrogens is 306 g/mol. The van der Waals surface area contributed by atoms with Crippen LogP contribution in [0.1, 0.15) is 24.5 Å². The maximum Gasteiger partial charge on any atom is 0.237 e. The van der Waals surface area contributed by atoms with Crippen LogP contribution in [0.4, 0.5) is 0 Å². The molecule has 23 heavy (non-hydrogen) atoms. The molecule has 0 fully saturated rings. The zero-order valence-electron chi connectivity index (χ0n) is 13.4. The number of hydrogen-bond donors (Lipinski definition) is 2. The average molecular weight is 329 g/mol.